The van der Waals surface area contributed by atoms with E-state index in [9.17, 15) is 13.2 Å². The molecular formula is C16H23N3O3S. The van der Waals surface area contributed by atoms with Crippen LogP contribution in [0.3, 0.4) is 0 Å². The van der Waals surface area contributed by atoms with E-state index in [0.717, 1.165) is 30.8 Å². The molecule has 2 aliphatic heterocycles. The summed E-state index contributed by atoms with van der Waals surface area (Å²) in [6.07, 6.45) is 2.67. The highest BCUT2D eigenvalue weighted by atomic mass is 32.2. The van der Waals surface area contributed by atoms with Gasteiger partial charge in [-0.3, -0.25) is 4.79 Å². The third-order valence-electron chi connectivity index (χ3n) is 4.43. The first kappa shape index (κ1) is 16.3. The van der Waals surface area contributed by atoms with Gasteiger partial charge in [0.15, 0.2) is 9.84 Å². The van der Waals surface area contributed by atoms with E-state index in [2.05, 4.69) is 15.5 Å². The number of carbonyl (C=O) groups is 1. The van der Waals surface area contributed by atoms with Crippen LogP contribution in [0.15, 0.2) is 24.3 Å². The minimum absolute atomic E-state index is 0.0165. The predicted molar refractivity (Wildman–Crippen MR) is 91.6 cm³/mol. The molecule has 2 N–H and O–H groups in total. The van der Waals surface area contributed by atoms with Crippen LogP contribution in [-0.2, 0) is 14.6 Å². The second-order valence-corrected chi connectivity index (χ2v) is 8.54. The van der Waals surface area contributed by atoms with E-state index in [1.165, 1.54) is 0 Å². The third-order valence-corrected chi connectivity index (χ3v) is 6.04. The average Bonchev–Trinajstić information content (AvgIpc) is 3.00. The van der Waals surface area contributed by atoms with Gasteiger partial charge in [-0.2, -0.15) is 0 Å². The molecule has 126 valence electrons. The number of nitrogens with one attached hydrogen (secondary N) is 2. The quantitative estimate of drug-likeness (QED) is 0.857. The van der Waals surface area contributed by atoms with Crippen LogP contribution < -0.4 is 15.5 Å². The highest BCUT2D eigenvalue weighted by molar-refractivity contribution is 7.91. The molecule has 1 unspecified atom stereocenters. The predicted octanol–water partition coefficient (Wildman–Crippen LogP) is 1.00. The van der Waals surface area contributed by atoms with E-state index < -0.39 is 9.84 Å². The maximum absolute atomic E-state index is 12.1. The Kier molecular flexibility index (Phi) is 4.87. The monoisotopic (exact) mass is 337 g/mol. The summed E-state index contributed by atoms with van der Waals surface area (Å²) < 4.78 is 23.0. The number of sulfone groups is 1. The van der Waals surface area contributed by atoms with Gasteiger partial charge in [-0.25, -0.2) is 8.42 Å². The maximum atomic E-state index is 12.1. The number of hydrogen-bond acceptors (Lipinski definition) is 5. The molecule has 1 aromatic rings. The zero-order chi connectivity index (χ0) is 16.3. The van der Waals surface area contributed by atoms with Gasteiger partial charge in [-0.05, 0) is 37.6 Å². The van der Waals surface area contributed by atoms with Crippen molar-refractivity contribution in [2.45, 2.75) is 25.3 Å². The number of carbonyl (C=O) groups excluding carboxylic acids is 1. The fraction of sp³-hybridized carbons (Fsp3) is 0.562. The van der Waals surface area contributed by atoms with Gasteiger partial charge in [-0.1, -0.05) is 6.07 Å². The van der Waals surface area contributed by atoms with Gasteiger partial charge in [0, 0.05) is 36.9 Å². The molecule has 0 aliphatic carbocycles. The summed E-state index contributed by atoms with van der Waals surface area (Å²) in [6, 6.07) is 7.90. The third kappa shape index (κ3) is 4.45. The van der Waals surface area contributed by atoms with Crippen LogP contribution in [0.25, 0.3) is 0 Å². The minimum atomic E-state index is -2.88. The first-order chi connectivity index (χ1) is 11.0. The molecule has 6 nitrogen and oxygen atoms in total. The molecule has 2 saturated heterocycles. The van der Waals surface area contributed by atoms with Crippen LogP contribution in [0.2, 0.25) is 0 Å². The summed E-state index contributed by atoms with van der Waals surface area (Å²) in [5, 5.41) is 6.26. The van der Waals surface area contributed by atoms with E-state index in [-0.39, 0.29) is 23.5 Å². The molecule has 1 aromatic carbocycles. The minimum Gasteiger partial charge on any atom is -0.369 e. The van der Waals surface area contributed by atoms with Gasteiger partial charge in [0.1, 0.15) is 0 Å². The Balaban J connectivity index is 1.59. The summed E-state index contributed by atoms with van der Waals surface area (Å²) in [5.74, 6) is 0.399. The van der Waals surface area contributed by atoms with Gasteiger partial charge in [0.05, 0.1) is 11.5 Å². The number of benzene rings is 1. The first-order valence-corrected chi connectivity index (χ1v) is 9.93. The molecule has 0 saturated carbocycles. The van der Waals surface area contributed by atoms with Crippen LogP contribution in [0.4, 0.5) is 11.4 Å². The molecule has 0 spiro atoms. The summed E-state index contributed by atoms with van der Waals surface area (Å²) in [4.78, 5) is 14.1. The summed E-state index contributed by atoms with van der Waals surface area (Å²) in [5.41, 5.74) is 1.72. The fourth-order valence-electron chi connectivity index (χ4n) is 3.12. The lowest BCUT2D eigenvalue weighted by atomic mass is 10.1. The summed E-state index contributed by atoms with van der Waals surface area (Å²) in [7, 11) is -2.88. The van der Waals surface area contributed by atoms with Crippen LogP contribution in [0.5, 0.6) is 0 Å². The molecule has 1 amide bonds. The van der Waals surface area contributed by atoms with Crippen LogP contribution >= 0.6 is 0 Å². The molecule has 2 aliphatic rings. The van der Waals surface area contributed by atoms with Crippen molar-refractivity contribution >= 4 is 27.1 Å². The fourth-order valence-corrected chi connectivity index (χ4v) is 4.32. The lowest BCUT2D eigenvalue weighted by molar-refractivity contribution is -0.116. The van der Waals surface area contributed by atoms with Gasteiger partial charge in [0.25, 0.3) is 0 Å². The Bertz CT molecular complexity index is 655. The van der Waals surface area contributed by atoms with Crippen molar-refractivity contribution in [1.82, 2.24) is 5.32 Å². The van der Waals surface area contributed by atoms with Gasteiger partial charge in [-0.15, -0.1) is 0 Å². The number of hydrogen-bond donors (Lipinski definition) is 2. The maximum Gasteiger partial charge on any atom is 0.225 e. The summed E-state index contributed by atoms with van der Waals surface area (Å²) >= 11 is 0. The van der Waals surface area contributed by atoms with E-state index in [1.54, 1.807) is 0 Å². The van der Waals surface area contributed by atoms with E-state index in [0.29, 0.717) is 19.5 Å². The molecule has 1 atom stereocenters. The normalized spacial score (nSPS) is 23.7. The van der Waals surface area contributed by atoms with E-state index in [4.69, 9.17) is 0 Å². The highest BCUT2D eigenvalue weighted by Crippen LogP contribution is 2.22. The van der Waals surface area contributed by atoms with Gasteiger partial charge >= 0.3 is 0 Å². The number of anilines is 2. The zero-order valence-corrected chi connectivity index (χ0v) is 13.9. The molecule has 0 aromatic heterocycles. The number of rotatable bonds is 4. The smallest absolute Gasteiger partial charge is 0.225 e. The summed E-state index contributed by atoms with van der Waals surface area (Å²) in [6.45, 7) is 2.00. The van der Waals surface area contributed by atoms with Gasteiger partial charge < -0.3 is 15.5 Å². The lowest BCUT2D eigenvalue weighted by Gasteiger charge is -2.29. The molecule has 2 fully saturated rings. The Hall–Kier alpha value is -1.60. The van der Waals surface area contributed by atoms with Crippen LogP contribution in [0, 0.1) is 0 Å². The van der Waals surface area contributed by atoms with Crippen LogP contribution in [0.1, 0.15) is 19.3 Å². The second kappa shape index (κ2) is 6.88. The second-order valence-electron chi connectivity index (χ2n) is 6.23. The Labute approximate surface area is 137 Å². The molecular weight excluding hydrogens is 314 g/mol. The van der Waals surface area contributed by atoms with Crippen molar-refractivity contribution < 1.29 is 13.2 Å². The van der Waals surface area contributed by atoms with Crippen molar-refractivity contribution in [3.05, 3.63) is 24.3 Å². The highest BCUT2D eigenvalue weighted by Gasteiger charge is 2.22. The van der Waals surface area contributed by atoms with Crippen molar-refractivity contribution in [2.24, 2.45) is 0 Å². The molecule has 23 heavy (non-hydrogen) atoms. The SMILES string of the molecule is O=C(CC1CCCN1)Nc1cccc(N2CCS(=O)(=O)CC2)c1. The largest absolute Gasteiger partial charge is 0.369 e. The van der Waals surface area contributed by atoms with Gasteiger partial charge in [0.2, 0.25) is 5.91 Å². The molecule has 2 heterocycles. The molecule has 0 radical (unpaired) electrons. The topological polar surface area (TPSA) is 78.5 Å². The Morgan fingerprint density at radius 3 is 2.78 bits per heavy atom. The van der Waals surface area contributed by atoms with E-state index >= 15 is 0 Å². The Morgan fingerprint density at radius 2 is 2.09 bits per heavy atom. The van der Waals surface area contributed by atoms with Crippen molar-refractivity contribution in [3.63, 3.8) is 0 Å². The molecule has 0 bridgehead atoms. The van der Waals surface area contributed by atoms with Crippen molar-refractivity contribution in [2.75, 3.05) is 41.4 Å². The standard InChI is InChI=1S/C16H23N3O3S/c20-16(12-13-4-2-6-17-13)18-14-3-1-5-15(11-14)19-7-9-23(21,22)10-8-19/h1,3,5,11,13,17H,2,4,6-10,12H2,(H,18,20). The van der Waals surface area contributed by atoms with Crippen LogP contribution in [-0.4, -0.2) is 51.5 Å². The van der Waals surface area contributed by atoms with Crippen molar-refractivity contribution in [1.29, 1.82) is 0 Å². The molecule has 3 rings (SSSR count). The molecule has 7 heteroatoms. The number of amides is 1. The lowest BCUT2D eigenvalue weighted by Crippen LogP contribution is -2.40. The Morgan fingerprint density at radius 1 is 1.30 bits per heavy atom. The number of nitrogens with zero attached hydrogens (tertiary/aromatic N) is 1. The van der Waals surface area contributed by atoms with E-state index in [1.807, 2.05) is 24.3 Å². The van der Waals surface area contributed by atoms with Crippen molar-refractivity contribution in [3.8, 4) is 0 Å². The first-order valence-electron chi connectivity index (χ1n) is 8.10. The zero-order valence-electron chi connectivity index (χ0n) is 13.1. The average molecular weight is 337 g/mol.